The molecule has 1 atom stereocenters. The molecule has 0 bridgehead atoms. The third kappa shape index (κ3) is 10.0. The molecule has 0 aliphatic carbocycles. The lowest BCUT2D eigenvalue weighted by Crippen LogP contribution is -2.42. The molecule has 0 rings (SSSR count). The van der Waals surface area contributed by atoms with Gasteiger partial charge in [-0.25, -0.2) is 0 Å². The number of aliphatic carboxylic acids is 1. The van der Waals surface area contributed by atoms with E-state index in [0.717, 1.165) is 25.7 Å². The van der Waals surface area contributed by atoms with E-state index in [1.165, 1.54) is 6.42 Å². The van der Waals surface area contributed by atoms with Gasteiger partial charge in [0.25, 0.3) is 0 Å². The Balaban J connectivity index is 4.22. The summed E-state index contributed by atoms with van der Waals surface area (Å²) in [4.78, 5) is 34.5. The predicted molar refractivity (Wildman–Crippen MR) is 82.0 cm³/mol. The lowest BCUT2D eigenvalue weighted by molar-refractivity contribution is -0.138. The topological polar surface area (TPSA) is 83.5 Å². The van der Waals surface area contributed by atoms with E-state index < -0.39 is 12.0 Å². The first kappa shape index (κ1) is 19.6. The van der Waals surface area contributed by atoms with Gasteiger partial charge in [0.1, 0.15) is 0 Å². The Morgan fingerprint density at radius 3 is 2.14 bits per heavy atom. The third-order valence-electron chi connectivity index (χ3n) is 3.40. The maximum absolute atomic E-state index is 12.0. The van der Waals surface area contributed by atoms with Crippen LogP contribution in [0, 0.1) is 5.92 Å². The van der Waals surface area contributed by atoms with Gasteiger partial charge in [0.2, 0.25) is 5.91 Å². The molecule has 0 aromatic rings. The van der Waals surface area contributed by atoms with E-state index in [1.807, 2.05) is 0 Å². The number of carboxylic acids is 1. The van der Waals surface area contributed by atoms with Gasteiger partial charge in [-0.05, 0) is 12.8 Å². The van der Waals surface area contributed by atoms with E-state index >= 15 is 0 Å². The molecule has 0 radical (unpaired) electrons. The van der Waals surface area contributed by atoms with Crippen molar-refractivity contribution in [2.45, 2.75) is 78.2 Å². The number of Topliss-reactive ketones (excluding diaryl/α,β-unsaturated/α-hetero) is 1. The van der Waals surface area contributed by atoms with Crippen LogP contribution >= 0.6 is 0 Å². The van der Waals surface area contributed by atoms with E-state index in [0.29, 0.717) is 6.42 Å². The standard InChI is InChI=1S/C16H29NO4/c1-4-5-6-7-8-9-14(18)17-13(10-11-15(19)20)16(21)12(2)3/h12-13H,4-11H2,1-3H3,(H,17,18)(H,19,20)/t13-/m0/s1. The van der Waals surface area contributed by atoms with E-state index in [2.05, 4.69) is 12.2 Å². The smallest absolute Gasteiger partial charge is 0.303 e. The second-order valence-electron chi connectivity index (χ2n) is 5.77. The highest BCUT2D eigenvalue weighted by atomic mass is 16.4. The molecule has 2 N–H and O–H groups in total. The van der Waals surface area contributed by atoms with Crippen LogP contribution < -0.4 is 5.32 Å². The van der Waals surface area contributed by atoms with Gasteiger partial charge in [0.05, 0.1) is 6.04 Å². The largest absolute Gasteiger partial charge is 0.481 e. The monoisotopic (exact) mass is 299 g/mol. The Kier molecular flexibility index (Phi) is 10.5. The molecule has 0 aliphatic rings. The van der Waals surface area contributed by atoms with Crippen molar-refractivity contribution in [2.24, 2.45) is 5.92 Å². The number of ketones is 1. The van der Waals surface area contributed by atoms with Crippen LogP contribution in [0.2, 0.25) is 0 Å². The third-order valence-corrected chi connectivity index (χ3v) is 3.40. The second kappa shape index (κ2) is 11.3. The summed E-state index contributed by atoms with van der Waals surface area (Å²) in [6.45, 7) is 5.65. The van der Waals surface area contributed by atoms with Crippen molar-refractivity contribution in [3.8, 4) is 0 Å². The fourth-order valence-corrected chi connectivity index (χ4v) is 2.11. The van der Waals surface area contributed by atoms with Gasteiger partial charge in [0, 0.05) is 18.8 Å². The average molecular weight is 299 g/mol. The number of hydrogen-bond acceptors (Lipinski definition) is 3. The summed E-state index contributed by atoms with van der Waals surface area (Å²) in [5.41, 5.74) is 0. The summed E-state index contributed by atoms with van der Waals surface area (Å²) in [5, 5.41) is 11.4. The SMILES string of the molecule is CCCCCCCC(=O)N[C@@H](CCC(=O)O)C(=O)C(C)C. The molecular weight excluding hydrogens is 270 g/mol. The summed E-state index contributed by atoms with van der Waals surface area (Å²) >= 11 is 0. The Hall–Kier alpha value is -1.39. The van der Waals surface area contributed by atoms with Crippen LogP contribution in [0.1, 0.15) is 72.1 Å². The first-order chi connectivity index (χ1) is 9.88. The van der Waals surface area contributed by atoms with E-state index in [-0.39, 0.29) is 30.4 Å². The Morgan fingerprint density at radius 2 is 1.62 bits per heavy atom. The van der Waals surface area contributed by atoms with Crippen LogP contribution in [0.4, 0.5) is 0 Å². The molecule has 5 nitrogen and oxygen atoms in total. The molecule has 122 valence electrons. The van der Waals surface area contributed by atoms with E-state index in [9.17, 15) is 14.4 Å². The van der Waals surface area contributed by atoms with Gasteiger partial charge in [0.15, 0.2) is 5.78 Å². The van der Waals surface area contributed by atoms with Gasteiger partial charge < -0.3 is 10.4 Å². The van der Waals surface area contributed by atoms with Crippen LogP contribution in [-0.4, -0.2) is 28.8 Å². The number of nitrogens with one attached hydrogen (secondary N) is 1. The average Bonchev–Trinajstić information content (AvgIpc) is 2.42. The Labute approximate surface area is 127 Å². The van der Waals surface area contributed by atoms with Gasteiger partial charge in [-0.2, -0.15) is 0 Å². The van der Waals surface area contributed by atoms with Crippen LogP contribution in [-0.2, 0) is 14.4 Å². The lowest BCUT2D eigenvalue weighted by Gasteiger charge is -2.19. The molecule has 0 aromatic heterocycles. The predicted octanol–water partition coefficient (Wildman–Crippen LogP) is 2.92. The van der Waals surface area contributed by atoms with Gasteiger partial charge in [-0.3, -0.25) is 14.4 Å². The van der Waals surface area contributed by atoms with E-state index in [4.69, 9.17) is 5.11 Å². The highest BCUT2D eigenvalue weighted by Crippen LogP contribution is 2.09. The van der Waals surface area contributed by atoms with Gasteiger partial charge in [-0.1, -0.05) is 46.5 Å². The summed E-state index contributed by atoms with van der Waals surface area (Å²) in [5.74, 6) is -1.43. The number of rotatable bonds is 12. The number of carbonyl (C=O) groups is 3. The van der Waals surface area contributed by atoms with Crippen LogP contribution in [0.15, 0.2) is 0 Å². The number of amides is 1. The van der Waals surface area contributed by atoms with Crippen LogP contribution in [0.3, 0.4) is 0 Å². The van der Waals surface area contributed by atoms with Crippen molar-refractivity contribution in [3.63, 3.8) is 0 Å². The first-order valence-corrected chi connectivity index (χ1v) is 7.93. The number of carboxylic acid groups (broad SMARTS) is 1. The molecule has 0 aliphatic heterocycles. The normalized spacial score (nSPS) is 12.2. The van der Waals surface area contributed by atoms with Crippen molar-refractivity contribution in [2.75, 3.05) is 0 Å². The Bertz CT molecular complexity index is 339. The van der Waals surface area contributed by atoms with Crippen LogP contribution in [0.25, 0.3) is 0 Å². The van der Waals surface area contributed by atoms with E-state index in [1.54, 1.807) is 13.8 Å². The quantitative estimate of drug-likeness (QED) is 0.543. The zero-order valence-electron chi connectivity index (χ0n) is 13.5. The van der Waals surface area contributed by atoms with Crippen molar-refractivity contribution < 1.29 is 19.5 Å². The fourth-order valence-electron chi connectivity index (χ4n) is 2.11. The molecule has 0 aromatic carbocycles. The highest BCUT2D eigenvalue weighted by Gasteiger charge is 2.23. The van der Waals surface area contributed by atoms with Crippen molar-refractivity contribution >= 4 is 17.7 Å². The number of carbonyl (C=O) groups excluding carboxylic acids is 2. The Morgan fingerprint density at radius 1 is 1.00 bits per heavy atom. The maximum atomic E-state index is 12.0. The molecule has 0 unspecified atom stereocenters. The lowest BCUT2D eigenvalue weighted by atomic mass is 9.97. The molecular formula is C16H29NO4. The number of unbranched alkanes of at least 4 members (excludes halogenated alkanes) is 4. The highest BCUT2D eigenvalue weighted by molar-refractivity contribution is 5.90. The van der Waals surface area contributed by atoms with Crippen molar-refractivity contribution in [1.29, 1.82) is 0 Å². The molecule has 5 heteroatoms. The minimum absolute atomic E-state index is 0.101. The van der Waals surface area contributed by atoms with Crippen molar-refractivity contribution in [1.82, 2.24) is 5.32 Å². The molecule has 0 heterocycles. The molecule has 0 fully saturated rings. The summed E-state index contributed by atoms with van der Waals surface area (Å²) < 4.78 is 0. The zero-order valence-corrected chi connectivity index (χ0v) is 13.5. The van der Waals surface area contributed by atoms with Gasteiger partial charge >= 0.3 is 5.97 Å². The van der Waals surface area contributed by atoms with Crippen molar-refractivity contribution in [3.05, 3.63) is 0 Å². The minimum atomic E-state index is -0.953. The van der Waals surface area contributed by atoms with Gasteiger partial charge in [-0.15, -0.1) is 0 Å². The summed E-state index contributed by atoms with van der Waals surface area (Å²) in [6.07, 6.45) is 5.73. The summed E-state index contributed by atoms with van der Waals surface area (Å²) in [6, 6.07) is -0.677. The molecule has 1 amide bonds. The maximum Gasteiger partial charge on any atom is 0.303 e. The fraction of sp³-hybridized carbons (Fsp3) is 0.812. The number of hydrogen-bond donors (Lipinski definition) is 2. The van der Waals surface area contributed by atoms with Crippen LogP contribution in [0.5, 0.6) is 0 Å². The molecule has 0 spiro atoms. The first-order valence-electron chi connectivity index (χ1n) is 7.93. The zero-order chi connectivity index (χ0) is 16.3. The minimum Gasteiger partial charge on any atom is -0.481 e. The molecule has 21 heavy (non-hydrogen) atoms. The molecule has 0 saturated heterocycles. The summed E-state index contributed by atoms with van der Waals surface area (Å²) in [7, 11) is 0. The second-order valence-corrected chi connectivity index (χ2v) is 5.77. The molecule has 0 saturated carbocycles.